The molecule has 1 heterocycles. The first-order valence-electron chi connectivity index (χ1n) is 26.9. The average molecular weight is 892 g/mol. The fraction of sp³-hybridized carbons (Fsp3) is 0.946. The van der Waals surface area contributed by atoms with Crippen LogP contribution in [0.3, 0.4) is 0 Å². The highest BCUT2D eigenvalue weighted by Crippen LogP contribution is 2.50. The molecule has 0 radical (unpaired) electrons. The predicted octanol–water partition coefficient (Wildman–Crippen LogP) is 14.2. The van der Waals surface area contributed by atoms with Gasteiger partial charge >= 0.3 is 0 Å². The van der Waals surface area contributed by atoms with Gasteiger partial charge in [0, 0.05) is 44.3 Å². The van der Waals surface area contributed by atoms with Crippen molar-refractivity contribution in [1.29, 1.82) is 0 Å². The molecule has 8 heteroatoms. The van der Waals surface area contributed by atoms with Crippen molar-refractivity contribution in [2.45, 2.75) is 263 Å². The molecule has 0 aromatic carbocycles. The number of hydrogen-bond acceptors (Lipinski definition) is 8. The highest BCUT2D eigenvalue weighted by molar-refractivity contribution is 5.47. The minimum absolute atomic E-state index is 0.269. The first kappa shape index (κ1) is 53.3. The number of rotatable bonds is 21. The Labute approximate surface area is 397 Å². The van der Waals surface area contributed by atoms with E-state index in [1.165, 1.54) is 116 Å². The van der Waals surface area contributed by atoms with Gasteiger partial charge in [-0.25, -0.2) is 0 Å². The monoisotopic (exact) mass is 891 g/mol. The Morgan fingerprint density at radius 3 is 0.969 bits per heavy atom. The van der Waals surface area contributed by atoms with E-state index in [1.807, 2.05) is 7.05 Å². The Morgan fingerprint density at radius 1 is 0.391 bits per heavy atom. The Bertz CT molecular complexity index is 1430. The lowest BCUT2D eigenvalue weighted by atomic mass is 9.63. The highest BCUT2D eigenvalue weighted by atomic mass is 15.4. The summed E-state index contributed by atoms with van der Waals surface area (Å²) in [6.45, 7) is 43.9. The van der Waals surface area contributed by atoms with Crippen LogP contribution in [-0.4, -0.2) is 72.3 Å². The molecule has 4 saturated carbocycles. The third-order valence-corrected chi connectivity index (χ3v) is 15.9. The molecule has 0 atom stereocenters. The van der Waals surface area contributed by atoms with Crippen molar-refractivity contribution in [3.63, 3.8) is 0 Å². The van der Waals surface area contributed by atoms with Crippen molar-refractivity contribution in [2.24, 2.45) is 43.3 Å². The van der Waals surface area contributed by atoms with Crippen LogP contribution < -0.4 is 25.8 Å². The van der Waals surface area contributed by atoms with Crippen LogP contribution in [0.4, 0.5) is 17.8 Å². The second-order valence-electron chi connectivity index (χ2n) is 29.0. The molecular formula is C56H106N8. The lowest BCUT2D eigenvalue weighted by molar-refractivity contribution is 0.0846. The van der Waals surface area contributed by atoms with Crippen molar-refractivity contribution in [1.82, 2.24) is 25.6 Å². The maximum atomic E-state index is 5.60. The van der Waals surface area contributed by atoms with Gasteiger partial charge < -0.3 is 25.8 Å². The number of nitrogens with zero attached hydrogens (tertiary/aromatic N) is 5. The maximum Gasteiger partial charge on any atom is 0.232 e. The highest BCUT2D eigenvalue weighted by Gasteiger charge is 2.44. The van der Waals surface area contributed by atoms with E-state index in [-0.39, 0.29) is 21.7 Å². The largest absolute Gasteiger partial charge is 0.357 e. The summed E-state index contributed by atoms with van der Waals surface area (Å²) in [6.07, 6.45) is 24.9. The Kier molecular flexibility index (Phi) is 17.4. The number of unbranched alkanes of at least 4 members (excludes halogenated alkanes) is 6. The zero-order chi connectivity index (χ0) is 47.4. The Hall–Kier alpha value is -1.67. The van der Waals surface area contributed by atoms with Gasteiger partial charge in [-0.2, -0.15) is 15.0 Å². The summed E-state index contributed by atoms with van der Waals surface area (Å²) in [5.74, 6) is 2.48. The number of nitrogens with one attached hydrogen (secondary N) is 3. The van der Waals surface area contributed by atoms with Crippen LogP contribution in [0.2, 0.25) is 0 Å². The SMILES string of the molecule is CNc1nc(N(CCCCCCNC2CC(C)(C)CC(C)(C)C2)C2CC(C)(C)CC(C)(C)C2)nc(N(CCCCCCNC2CC(C)(C)CC(C)(C)C2)C2CC(C)(C)CC(C)(C)C2)n1. The van der Waals surface area contributed by atoms with Crippen LogP contribution in [0, 0.1) is 43.3 Å². The van der Waals surface area contributed by atoms with Gasteiger partial charge in [0.05, 0.1) is 0 Å². The van der Waals surface area contributed by atoms with E-state index in [9.17, 15) is 0 Å². The molecule has 1 aromatic rings. The minimum atomic E-state index is 0.269. The summed E-state index contributed by atoms with van der Waals surface area (Å²) in [6, 6.07) is 2.09. The zero-order valence-corrected chi connectivity index (χ0v) is 45.5. The van der Waals surface area contributed by atoms with Crippen LogP contribution in [0.1, 0.15) is 239 Å². The third kappa shape index (κ3) is 16.8. The number of anilines is 3. The van der Waals surface area contributed by atoms with E-state index < -0.39 is 0 Å². The summed E-state index contributed by atoms with van der Waals surface area (Å²) in [5.41, 5.74) is 2.78. The van der Waals surface area contributed by atoms with E-state index in [0.29, 0.717) is 51.8 Å². The van der Waals surface area contributed by atoms with Crippen LogP contribution in [-0.2, 0) is 0 Å². The molecule has 370 valence electrons. The molecule has 0 aliphatic heterocycles. The van der Waals surface area contributed by atoms with E-state index in [4.69, 9.17) is 15.0 Å². The van der Waals surface area contributed by atoms with Crippen molar-refractivity contribution < 1.29 is 0 Å². The van der Waals surface area contributed by atoms with E-state index in [2.05, 4.69) is 137 Å². The second-order valence-corrected chi connectivity index (χ2v) is 29.0. The molecule has 64 heavy (non-hydrogen) atoms. The molecule has 0 unspecified atom stereocenters. The van der Waals surface area contributed by atoms with Crippen molar-refractivity contribution >= 4 is 17.8 Å². The van der Waals surface area contributed by atoms with Crippen molar-refractivity contribution in [2.75, 3.05) is 48.3 Å². The molecule has 8 nitrogen and oxygen atoms in total. The molecule has 4 fully saturated rings. The third-order valence-electron chi connectivity index (χ3n) is 15.9. The molecule has 0 saturated heterocycles. The molecule has 0 bridgehead atoms. The van der Waals surface area contributed by atoms with Gasteiger partial charge in [0.1, 0.15) is 0 Å². The van der Waals surface area contributed by atoms with Gasteiger partial charge in [-0.1, -0.05) is 136 Å². The summed E-state index contributed by atoms with van der Waals surface area (Å²) >= 11 is 0. The number of hydrogen-bond donors (Lipinski definition) is 3. The summed E-state index contributed by atoms with van der Waals surface area (Å²) in [7, 11) is 1.99. The fourth-order valence-electron chi connectivity index (χ4n) is 15.7. The zero-order valence-electron chi connectivity index (χ0n) is 45.5. The van der Waals surface area contributed by atoms with Crippen LogP contribution >= 0.6 is 0 Å². The van der Waals surface area contributed by atoms with E-state index in [0.717, 1.165) is 50.9 Å². The summed E-state index contributed by atoms with van der Waals surface area (Å²) < 4.78 is 0. The molecule has 4 aliphatic rings. The van der Waals surface area contributed by atoms with Crippen LogP contribution in [0.15, 0.2) is 0 Å². The number of aromatic nitrogens is 3. The van der Waals surface area contributed by atoms with Crippen LogP contribution in [0.5, 0.6) is 0 Å². The predicted molar refractivity (Wildman–Crippen MR) is 278 cm³/mol. The fourth-order valence-corrected chi connectivity index (χ4v) is 15.7. The average Bonchev–Trinajstić information content (AvgIpc) is 3.08. The van der Waals surface area contributed by atoms with Crippen LogP contribution in [0.25, 0.3) is 0 Å². The molecular weight excluding hydrogens is 785 g/mol. The van der Waals surface area contributed by atoms with Gasteiger partial charge in [-0.3, -0.25) is 0 Å². The van der Waals surface area contributed by atoms with Gasteiger partial charge in [0.25, 0.3) is 0 Å². The normalized spacial score (nSPS) is 25.2. The van der Waals surface area contributed by atoms with Gasteiger partial charge in [-0.05, 0) is 159 Å². The molecule has 0 amide bonds. The minimum Gasteiger partial charge on any atom is -0.357 e. The topological polar surface area (TPSA) is 81.2 Å². The molecule has 4 aliphatic carbocycles. The lowest BCUT2D eigenvalue weighted by Gasteiger charge is -2.49. The molecule has 1 aromatic heterocycles. The van der Waals surface area contributed by atoms with Crippen molar-refractivity contribution in [3.05, 3.63) is 0 Å². The molecule has 3 N–H and O–H groups in total. The Morgan fingerprint density at radius 2 is 0.672 bits per heavy atom. The first-order valence-corrected chi connectivity index (χ1v) is 26.9. The maximum absolute atomic E-state index is 5.60. The molecule has 5 rings (SSSR count). The quantitative estimate of drug-likeness (QED) is 0.105. The van der Waals surface area contributed by atoms with E-state index >= 15 is 0 Å². The summed E-state index contributed by atoms with van der Waals surface area (Å²) in [4.78, 5) is 21.4. The first-order chi connectivity index (χ1) is 29.5. The summed E-state index contributed by atoms with van der Waals surface area (Å²) in [5, 5.41) is 11.4. The standard InChI is InChI=1S/C56H106N8/c1-49(2)30-42(31-50(3,4)38-49)58-26-22-18-20-24-28-63(44-34-53(9,10)40-54(11,12)35-44)47-60-46(57-17)61-48(62-47)64(45-36-55(13,14)41-56(15,16)37-45)29-25-21-19-23-27-59-43-32-51(5,6)39-52(7,8)33-43/h42-45,58-59H,18-41H2,1-17H3,(H,57,60,61,62). The second kappa shape index (κ2) is 20.9. The molecule has 0 spiro atoms. The lowest BCUT2D eigenvalue weighted by Crippen LogP contribution is -2.49. The van der Waals surface area contributed by atoms with Gasteiger partial charge in [-0.15, -0.1) is 0 Å². The van der Waals surface area contributed by atoms with Gasteiger partial charge in [0.15, 0.2) is 0 Å². The van der Waals surface area contributed by atoms with Crippen molar-refractivity contribution in [3.8, 4) is 0 Å². The van der Waals surface area contributed by atoms with E-state index in [1.54, 1.807) is 0 Å². The van der Waals surface area contributed by atoms with Gasteiger partial charge in [0.2, 0.25) is 17.8 Å². The smallest absolute Gasteiger partial charge is 0.232 e. The Balaban J connectivity index is 1.29.